The molecule has 0 radical (unpaired) electrons. The summed E-state index contributed by atoms with van der Waals surface area (Å²) < 4.78 is 0. The highest BCUT2D eigenvalue weighted by Gasteiger charge is 1.86. The van der Waals surface area contributed by atoms with Gasteiger partial charge in [0.15, 0.2) is 0 Å². The summed E-state index contributed by atoms with van der Waals surface area (Å²) in [4.78, 5) is 4.42. The lowest BCUT2D eigenvalue weighted by atomic mass is 10.4. The van der Waals surface area contributed by atoms with Crippen molar-refractivity contribution in [2.45, 2.75) is 0 Å². The molecule has 0 bridgehead atoms. The molecular weight excluding hydrogens is 126 g/mol. The van der Waals surface area contributed by atoms with Crippen LogP contribution >= 0.6 is 11.6 Å². The highest BCUT2D eigenvalue weighted by molar-refractivity contribution is 6.30. The zero-order valence-electron chi connectivity index (χ0n) is 4.72. The first-order chi connectivity index (χ1) is 3.85. The Kier molecular flexibility index (Phi) is 4.36. The van der Waals surface area contributed by atoms with Gasteiger partial charge in [0.1, 0.15) is 7.11 Å². The van der Waals surface area contributed by atoms with Gasteiger partial charge in [-0.2, -0.15) is 0 Å². The Hall–Kier alpha value is -0.500. The minimum Gasteiger partial charge on any atom is -0.399 e. The van der Waals surface area contributed by atoms with Crippen LogP contribution in [0.25, 0.3) is 0 Å². The van der Waals surface area contributed by atoms with Crippen LogP contribution in [0.1, 0.15) is 0 Å². The van der Waals surface area contributed by atoms with Gasteiger partial charge in [-0.1, -0.05) is 11.7 Å². The summed E-state index contributed by atoms with van der Waals surface area (Å²) in [5.74, 6) is 0.345. The molecule has 0 saturated carbocycles. The summed E-state index contributed by atoms with van der Waals surface area (Å²) in [5.41, 5.74) is 0.647. The zero-order chi connectivity index (χ0) is 6.41. The number of allylic oxidation sites excluding steroid dienone is 1. The SMILES string of the molecule is C=C/C(CCl)=N\OC. The molecule has 0 rings (SSSR count). The van der Waals surface area contributed by atoms with Crippen LogP contribution in [0.3, 0.4) is 0 Å². The summed E-state index contributed by atoms with van der Waals surface area (Å²) in [6.45, 7) is 3.46. The van der Waals surface area contributed by atoms with Crippen LogP contribution in [0.4, 0.5) is 0 Å². The molecule has 0 saturated heterocycles. The number of alkyl halides is 1. The van der Waals surface area contributed by atoms with Crippen LogP contribution in [0.5, 0.6) is 0 Å². The highest BCUT2D eigenvalue weighted by Crippen LogP contribution is 1.84. The van der Waals surface area contributed by atoms with Crippen molar-refractivity contribution in [3.05, 3.63) is 12.7 Å². The molecule has 3 heteroatoms. The Morgan fingerprint density at radius 1 is 2.00 bits per heavy atom. The van der Waals surface area contributed by atoms with Crippen molar-refractivity contribution in [1.29, 1.82) is 0 Å². The number of halogens is 1. The molecule has 8 heavy (non-hydrogen) atoms. The van der Waals surface area contributed by atoms with Gasteiger partial charge in [-0.15, -0.1) is 11.6 Å². The Labute approximate surface area is 53.8 Å². The standard InChI is InChI=1S/C5H8ClNO/c1-3-5(4-6)7-8-2/h3H,1,4H2,2H3/b7-5+. The van der Waals surface area contributed by atoms with Crippen LogP contribution in [0, 0.1) is 0 Å². The fourth-order valence-electron chi connectivity index (χ4n) is 0.233. The van der Waals surface area contributed by atoms with E-state index in [-0.39, 0.29) is 0 Å². The van der Waals surface area contributed by atoms with E-state index in [9.17, 15) is 0 Å². The number of oxime groups is 1. The van der Waals surface area contributed by atoms with Crippen LogP contribution < -0.4 is 0 Å². The van der Waals surface area contributed by atoms with E-state index < -0.39 is 0 Å². The predicted octanol–water partition coefficient (Wildman–Crippen LogP) is 1.41. The minimum absolute atomic E-state index is 0.345. The maximum Gasteiger partial charge on any atom is 0.106 e. The largest absolute Gasteiger partial charge is 0.399 e. The molecule has 0 aliphatic heterocycles. The lowest BCUT2D eigenvalue weighted by molar-refractivity contribution is 0.213. The first-order valence-electron chi connectivity index (χ1n) is 2.13. The number of hydrogen-bond acceptors (Lipinski definition) is 2. The molecule has 0 amide bonds. The van der Waals surface area contributed by atoms with Crippen molar-refractivity contribution in [3.8, 4) is 0 Å². The van der Waals surface area contributed by atoms with E-state index in [2.05, 4.69) is 16.6 Å². The van der Waals surface area contributed by atoms with Crippen LogP contribution in [0.15, 0.2) is 17.8 Å². The van der Waals surface area contributed by atoms with Crippen LogP contribution in [0.2, 0.25) is 0 Å². The number of nitrogens with zero attached hydrogens (tertiary/aromatic N) is 1. The molecule has 0 aliphatic carbocycles. The fraction of sp³-hybridized carbons (Fsp3) is 0.400. The second-order valence-electron chi connectivity index (χ2n) is 1.10. The lowest BCUT2D eigenvalue weighted by Gasteiger charge is -1.89. The van der Waals surface area contributed by atoms with Crippen molar-refractivity contribution in [2.75, 3.05) is 13.0 Å². The van der Waals surface area contributed by atoms with Gasteiger partial charge in [0.2, 0.25) is 0 Å². The van der Waals surface area contributed by atoms with E-state index in [1.807, 2.05) is 0 Å². The van der Waals surface area contributed by atoms with Gasteiger partial charge in [0.05, 0.1) is 11.6 Å². The predicted molar refractivity (Wildman–Crippen MR) is 35.4 cm³/mol. The summed E-state index contributed by atoms with van der Waals surface area (Å²) in [5, 5.41) is 3.53. The average molecular weight is 134 g/mol. The first-order valence-corrected chi connectivity index (χ1v) is 2.67. The molecule has 0 unspecified atom stereocenters. The Morgan fingerprint density at radius 3 is 2.75 bits per heavy atom. The molecule has 0 aliphatic rings. The highest BCUT2D eigenvalue weighted by atomic mass is 35.5. The maximum atomic E-state index is 5.36. The quantitative estimate of drug-likeness (QED) is 0.324. The summed E-state index contributed by atoms with van der Waals surface area (Å²) in [6.07, 6.45) is 1.55. The summed E-state index contributed by atoms with van der Waals surface area (Å²) in [7, 11) is 1.47. The fourth-order valence-corrected chi connectivity index (χ4v) is 0.391. The molecule has 0 spiro atoms. The van der Waals surface area contributed by atoms with E-state index in [4.69, 9.17) is 11.6 Å². The number of rotatable bonds is 3. The molecule has 0 aromatic rings. The third kappa shape index (κ3) is 2.64. The van der Waals surface area contributed by atoms with E-state index in [0.29, 0.717) is 11.6 Å². The Bertz CT molecular complexity index is 101. The second kappa shape index (κ2) is 4.65. The van der Waals surface area contributed by atoms with Gasteiger partial charge in [-0.3, -0.25) is 0 Å². The van der Waals surface area contributed by atoms with E-state index >= 15 is 0 Å². The summed E-state index contributed by atoms with van der Waals surface area (Å²) in [6, 6.07) is 0. The normalized spacial score (nSPS) is 11.0. The lowest BCUT2D eigenvalue weighted by Crippen LogP contribution is -1.93. The van der Waals surface area contributed by atoms with Gasteiger partial charge < -0.3 is 4.84 Å². The van der Waals surface area contributed by atoms with Gasteiger partial charge in [-0.25, -0.2) is 0 Å². The summed E-state index contributed by atoms with van der Waals surface area (Å²) >= 11 is 5.36. The number of hydrogen-bond donors (Lipinski definition) is 0. The minimum atomic E-state index is 0.345. The van der Waals surface area contributed by atoms with Crippen molar-refractivity contribution in [2.24, 2.45) is 5.16 Å². The van der Waals surface area contributed by atoms with Crippen LogP contribution in [-0.4, -0.2) is 18.7 Å². The van der Waals surface area contributed by atoms with Crippen molar-refractivity contribution in [1.82, 2.24) is 0 Å². The van der Waals surface area contributed by atoms with Gasteiger partial charge in [0, 0.05) is 0 Å². The molecule has 0 fully saturated rings. The molecular formula is C5H8ClNO. The van der Waals surface area contributed by atoms with Crippen LogP contribution in [-0.2, 0) is 4.84 Å². The Morgan fingerprint density at radius 2 is 2.62 bits per heavy atom. The van der Waals surface area contributed by atoms with Gasteiger partial charge in [0.25, 0.3) is 0 Å². The topological polar surface area (TPSA) is 21.6 Å². The molecule has 0 aromatic heterocycles. The molecule has 0 N–H and O–H groups in total. The van der Waals surface area contributed by atoms with E-state index in [1.54, 1.807) is 6.08 Å². The monoisotopic (exact) mass is 133 g/mol. The first kappa shape index (κ1) is 7.50. The molecule has 0 atom stereocenters. The van der Waals surface area contributed by atoms with Gasteiger partial charge >= 0.3 is 0 Å². The smallest absolute Gasteiger partial charge is 0.106 e. The van der Waals surface area contributed by atoms with Crippen molar-refractivity contribution >= 4 is 17.3 Å². The van der Waals surface area contributed by atoms with Crippen molar-refractivity contribution in [3.63, 3.8) is 0 Å². The molecule has 0 aromatic carbocycles. The van der Waals surface area contributed by atoms with E-state index in [1.165, 1.54) is 7.11 Å². The second-order valence-corrected chi connectivity index (χ2v) is 1.37. The zero-order valence-corrected chi connectivity index (χ0v) is 5.48. The third-order valence-corrected chi connectivity index (χ3v) is 0.855. The van der Waals surface area contributed by atoms with E-state index in [0.717, 1.165) is 0 Å². The maximum absolute atomic E-state index is 5.36. The third-order valence-electron chi connectivity index (χ3n) is 0.581. The van der Waals surface area contributed by atoms with Gasteiger partial charge in [-0.05, 0) is 6.08 Å². The molecule has 0 heterocycles. The molecule has 2 nitrogen and oxygen atoms in total. The van der Waals surface area contributed by atoms with Crippen molar-refractivity contribution < 1.29 is 4.84 Å². The average Bonchev–Trinajstić information content (AvgIpc) is 1.83. The molecule has 46 valence electrons. The Balaban J connectivity index is 3.66.